The molecule has 11 heteroatoms. The van der Waals surface area contributed by atoms with Gasteiger partial charge in [-0.2, -0.15) is 5.01 Å². The summed E-state index contributed by atoms with van der Waals surface area (Å²) in [5.74, 6) is 0.254. The van der Waals surface area contributed by atoms with Gasteiger partial charge in [-0.05, 0) is 26.3 Å². The van der Waals surface area contributed by atoms with Crippen molar-refractivity contribution in [3.8, 4) is 11.4 Å². The molecule has 1 saturated heterocycles. The molecule has 10 nitrogen and oxygen atoms in total. The van der Waals surface area contributed by atoms with Gasteiger partial charge in [0.05, 0.1) is 17.6 Å². The van der Waals surface area contributed by atoms with E-state index in [4.69, 9.17) is 4.42 Å². The molecule has 4 amide bonds. The maximum Gasteiger partial charge on any atom is 0.344 e. The Bertz CT molecular complexity index is 967. The van der Waals surface area contributed by atoms with E-state index in [0.717, 1.165) is 22.3 Å². The lowest BCUT2D eigenvalue weighted by molar-refractivity contribution is -0.137. The zero-order valence-corrected chi connectivity index (χ0v) is 17.2. The molecule has 29 heavy (non-hydrogen) atoms. The largest absolute Gasteiger partial charge is 0.469 e. The van der Waals surface area contributed by atoms with Crippen molar-refractivity contribution in [2.24, 2.45) is 0 Å². The molecule has 0 radical (unpaired) electrons. The van der Waals surface area contributed by atoms with Crippen LogP contribution in [-0.2, 0) is 16.1 Å². The highest BCUT2D eigenvalue weighted by Crippen LogP contribution is 2.27. The van der Waals surface area contributed by atoms with E-state index < -0.39 is 23.4 Å². The van der Waals surface area contributed by atoms with Crippen molar-refractivity contribution in [1.29, 1.82) is 0 Å². The first-order valence-corrected chi connectivity index (χ1v) is 9.96. The Labute approximate surface area is 171 Å². The molecule has 154 valence electrons. The van der Waals surface area contributed by atoms with Crippen LogP contribution < -0.4 is 10.7 Å². The van der Waals surface area contributed by atoms with E-state index >= 15 is 0 Å². The number of urea groups is 1. The summed E-state index contributed by atoms with van der Waals surface area (Å²) in [7, 11) is 0. The summed E-state index contributed by atoms with van der Waals surface area (Å²) in [6.45, 7) is 9.41. The number of hydrazine groups is 1. The lowest BCUT2D eigenvalue weighted by Crippen LogP contribution is -2.49. The second-order valence-corrected chi connectivity index (χ2v) is 7.62. The van der Waals surface area contributed by atoms with Crippen LogP contribution in [0.4, 0.5) is 4.79 Å². The van der Waals surface area contributed by atoms with E-state index in [2.05, 4.69) is 27.5 Å². The van der Waals surface area contributed by atoms with Gasteiger partial charge in [-0.3, -0.25) is 19.6 Å². The van der Waals surface area contributed by atoms with Gasteiger partial charge in [0.25, 0.3) is 5.91 Å². The van der Waals surface area contributed by atoms with E-state index in [0.29, 0.717) is 29.7 Å². The van der Waals surface area contributed by atoms with Gasteiger partial charge in [-0.25, -0.2) is 4.79 Å². The Kier molecular flexibility index (Phi) is 5.78. The zero-order chi connectivity index (χ0) is 21.2. The van der Waals surface area contributed by atoms with Gasteiger partial charge in [0.15, 0.2) is 11.0 Å². The number of amides is 4. The number of carbonyl (C=O) groups is 3. The van der Waals surface area contributed by atoms with Crippen LogP contribution in [-0.4, -0.2) is 48.9 Å². The van der Waals surface area contributed by atoms with Crippen molar-refractivity contribution in [2.45, 2.75) is 44.4 Å². The van der Waals surface area contributed by atoms with Crippen LogP contribution >= 0.6 is 11.8 Å². The average Bonchev–Trinajstić information content (AvgIpc) is 3.34. The van der Waals surface area contributed by atoms with E-state index in [-0.39, 0.29) is 5.75 Å². The maximum atomic E-state index is 12.4. The molecule has 3 rings (SSSR count). The van der Waals surface area contributed by atoms with Crippen LogP contribution in [0.25, 0.3) is 11.4 Å². The van der Waals surface area contributed by atoms with E-state index in [1.807, 2.05) is 11.5 Å². The van der Waals surface area contributed by atoms with Gasteiger partial charge < -0.3 is 9.73 Å². The average molecular weight is 418 g/mol. The third kappa shape index (κ3) is 3.90. The van der Waals surface area contributed by atoms with Crippen molar-refractivity contribution in [3.63, 3.8) is 0 Å². The number of carbonyl (C=O) groups excluding carboxylic acids is 3. The molecular weight excluding hydrogens is 396 g/mol. The molecule has 1 fully saturated rings. The predicted octanol–water partition coefficient (Wildman–Crippen LogP) is 1.88. The summed E-state index contributed by atoms with van der Waals surface area (Å²) in [6, 6.07) is 1.15. The molecule has 0 saturated carbocycles. The Balaban J connectivity index is 1.69. The standard InChI is InChI=1S/C18H22N6O4S/c1-5-8-23-14(12-7-9-28-11(12)3)20-21-17(23)29-10-13(25)22-24-15(26)18(4,6-2)19-16(24)27/h5,7,9H,1,6,8,10H2,2-4H3,(H,19,27)(H,22,25). The minimum Gasteiger partial charge on any atom is -0.469 e. The SMILES string of the molecule is C=CCn1c(SCC(=O)NN2C(=O)NC(C)(CC)C2=O)nnc1-c1ccoc1C. The number of imide groups is 1. The van der Waals surface area contributed by atoms with Gasteiger partial charge in [0.1, 0.15) is 11.3 Å². The quantitative estimate of drug-likeness (QED) is 0.381. The number of hydrogen-bond donors (Lipinski definition) is 2. The van der Waals surface area contributed by atoms with Gasteiger partial charge in [0.2, 0.25) is 5.91 Å². The predicted molar refractivity (Wildman–Crippen MR) is 106 cm³/mol. The van der Waals surface area contributed by atoms with Crippen LogP contribution in [0, 0.1) is 6.92 Å². The molecule has 1 aliphatic rings. The molecule has 2 aromatic heterocycles. The highest BCUT2D eigenvalue weighted by Gasteiger charge is 2.47. The first-order chi connectivity index (χ1) is 13.8. The Morgan fingerprint density at radius 2 is 2.21 bits per heavy atom. The van der Waals surface area contributed by atoms with Gasteiger partial charge in [-0.15, -0.1) is 16.8 Å². The molecule has 0 aromatic carbocycles. The van der Waals surface area contributed by atoms with Crippen molar-refractivity contribution < 1.29 is 18.8 Å². The number of nitrogens with zero attached hydrogens (tertiary/aromatic N) is 4. The molecule has 1 unspecified atom stereocenters. The second kappa shape index (κ2) is 8.11. The summed E-state index contributed by atoms with van der Waals surface area (Å²) < 4.78 is 7.14. The molecule has 0 spiro atoms. The zero-order valence-electron chi connectivity index (χ0n) is 16.4. The molecule has 0 bridgehead atoms. The summed E-state index contributed by atoms with van der Waals surface area (Å²) in [6.07, 6.45) is 3.69. The molecule has 1 aliphatic heterocycles. The van der Waals surface area contributed by atoms with E-state index in [1.165, 1.54) is 0 Å². The summed E-state index contributed by atoms with van der Waals surface area (Å²) >= 11 is 1.14. The molecule has 1 atom stereocenters. The molecule has 3 heterocycles. The Hall–Kier alpha value is -3.08. The van der Waals surface area contributed by atoms with Crippen LogP contribution in [0.1, 0.15) is 26.0 Å². The number of allylic oxidation sites excluding steroid dienone is 1. The maximum absolute atomic E-state index is 12.4. The van der Waals surface area contributed by atoms with Crippen LogP contribution in [0.5, 0.6) is 0 Å². The van der Waals surface area contributed by atoms with Crippen LogP contribution in [0.2, 0.25) is 0 Å². The fourth-order valence-electron chi connectivity index (χ4n) is 2.82. The Morgan fingerprint density at radius 3 is 2.79 bits per heavy atom. The number of rotatable bonds is 8. The van der Waals surface area contributed by atoms with Crippen molar-refractivity contribution >= 4 is 29.6 Å². The summed E-state index contributed by atoms with van der Waals surface area (Å²) in [5, 5.41) is 12.2. The summed E-state index contributed by atoms with van der Waals surface area (Å²) in [4.78, 5) is 36.7. The first-order valence-electron chi connectivity index (χ1n) is 8.98. The number of thioether (sulfide) groups is 1. The normalized spacial score (nSPS) is 18.8. The topological polar surface area (TPSA) is 122 Å². The third-order valence-electron chi connectivity index (χ3n) is 4.67. The van der Waals surface area contributed by atoms with Gasteiger partial charge in [0, 0.05) is 6.54 Å². The number of hydrogen-bond acceptors (Lipinski definition) is 7. The van der Waals surface area contributed by atoms with Crippen molar-refractivity contribution in [1.82, 2.24) is 30.5 Å². The van der Waals surface area contributed by atoms with Crippen LogP contribution in [0.15, 0.2) is 34.6 Å². The molecule has 2 N–H and O–H groups in total. The summed E-state index contributed by atoms with van der Waals surface area (Å²) in [5.41, 5.74) is 2.14. The number of nitrogens with one attached hydrogen (secondary N) is 2. The smallest absolute Gasteiger partial charge is 0.344 e. The highest BCUT2D eigenvalue weighted by molar-refractivity contribution is 7.99. The van der Waals surface area contributed by atoms with Crippen molar-refractivity contribution in [2.75, 3.05) is 5.75 Å². The lowest BCUT2D eigenvalue weighted by Gasteiger charge is -2.19. The fourth-order valence-corrected chi connectivity index (χ4v) is 3.56. The van der Waals surface area contributed by atoms with Crippen LogP contribution in [0.3, 0.4) is 0 Å². The molecule has 0 aliphatic carbocycles. The first kappa shape index (κ1) is 20.6. The molecular formula is C18H22N6O4S. The number of furan rings is 1. The Morgan fingerprint density at radius 1 is 1.45 bits per heavy atom. The number of aryl methyl sites for hydroxylation is 1. The third-order valence-corrected chi connectivity index (χ3v) is 5.63. The molecule has 2 aromatic rings. The minimum atomic E-state index is -1.01. The second-order valence-electron chi connectivity index (χ2n) is 6.68. The van der Waals surface area contributed by atoms with E-state index in [9.17, 15) is 14.4 Å². The fraction of sp³-hybridized carbons (Fsp3) is 0.389. The lowest BCUT2D eigenvalue weighted by atomic mass is 10.00. The minimum absolute atomic E-state index is 0.0560. The van der Waals surface area contributed by atoms with Crippen molar-refractivity contribution in [3.05, 3.63) is 30.7 Å². The monoisotopic (exact) mass is 418 g/mol. The van der Waals surface area contributed by atoms with Gasteiger partial charge in [-0.1, -0.05) is 24.8 Å². The number of aromatic nitrogens is 3. The highest BCUT2D eigenvalue weighted by atomic mass is 32.2. The van der Waals surface area contributed by atoms with E-state index in [1.54, 1.807) is 32.3 Å². The van der Waals surface area contributed by atoms with Gasteiger partial charge >= 0.3 is 6.03 Å².